The Morgan fingerprint density at radius 1 is 1.40 bits per heavy atom. The Balaban J connectivity index is 1.91. The first kappa shape index (κ1) is 15.9. The van der Waals surface area contributed by atoms with Crippen LogP contribution in [0.25, 0.3) is 0 Å². The lowest BCUT2D eigenvalue weighted by molar-refractivity contribution is 0.166. The number of hydrogen-bond acceptors (Lipinski definition) is 4. The molecule has 1 aromatic rings. The molecule has 0 spiro atoms. The highest BCUT2D eigenvalue weighted by Gasteiger charge is 2.33. The largest absolute Gasteiger partial charge is 0.313 e. The first-order chi connectivity index (χ1) is 9.45. The first-order valence-electron chi connectivity index (χ1n) is 7.23. The number of sulfonamides is 1. The summed E-state index contributed by atoms with van der Waals surface area (Å²) in [5.74, 6) is 0. The third-order valence-corrected chi connectivity index (χ3v) is 6.79. The van der Waals surface area contributed by atoms with Crippen molar-refractivity contribution >= 4 is 21.4 Å². The van der Waals surface area contributed by atoms with Gasteiger partial charge in [0.15, 0.2) is 0 Å². The summed E-state index contributed by atoms with van der Waals surface area (Å²) in [4.78, 5) is 0. The summed E-state index contributed by atoms with van der Waals surface area (Å²) in [6, 6.07) is 1.78. The number of rotatable bonds is 8. The summed E-state index contributed by atoms with van der Waals surface area (Å²) in [5.41, 5.74) is 1.20. The smallest absolute Gasteiger partial charge is 0.250 e. The van der Waals surface area contributed by atoms with E-state index < -0.39 is 10.0 Å². The van der Waals surface area contributed by atoms with Gasteiger partial charge >= 0.3 is 0 Å². The summed E-state index contributed by atoms with van der Waals surface area (Å²) >= 11 is 1.30. The molecule has 114 valence electrons. The average Bonchev–Trinajstić information content (AvgIpc) is 2.84. The van der Waals surface area contributed by atoms with Crippen molar-refractivity contribution in [1.82, 2.24) is 10.0 Å². The Kier molecular flexibility index (Phi) is 5.23. The van der Waals surface area contributed by atoms with Crippen molar-refractivity contribution in [3.05, 3.63) is 17.0 Å². The maximum absolute atomic E-state index is 12.2. The van der Waals surface area contributed by atoms with Crippen LogP contribution in [0.2, 0.25) is 0 Å². The van der Waals surface area contributed by atoms with Crippen LogP contribution in [-0.4, -0.2) is 21.5 Å². The van der Waals surface area contributed by atoms with Crippen LogP contribution in [0.15, 0.2) is 15.7 Å². The molecule has 0 radical (unpaired) electrons. The molecule has 2 N–H and O–H groups in total. The molecule has 1 fully saturated rings. The second kappa shape index (κ2) is 6.56. The minimum absolute atomic E-state index is 0.163. The van der Waals surface area contributed by atoms with E-state index in [4.69, 9.17) is 0 Å². The van der Waals surface area contributed by atoms with E-state index in [1.54, 1.807) is 6.07 Å². The molecular weight excluding hydrogens is 292 g/mol. The highest BCUT2D eigenvalue weighted by atomic mass is 32.2. The van der Waals surface area contributed by atoms with Crippen molar-refractivity contribution in [3.63, 3.8) is 0 Å². The molecule has 1 saturated carbocycles. The van der Waals surface area contributed by atoms with E-state index in [-0.39, 0.29) is 5.41 Å². The molecule has 20 heavy (non-hydrogen) atoms. The van der Waals surface area contributed by atoms with Crippen LogP contribution < -0.4 is 10.0 Å². The Hall–Kier alpha value is -0.430. The third kappa shape index (κ3) is 4.04. The number of hydrogen-bond donors (Lipinski definition) is 2. The molecule has 6 heteroatoms. The number of nitrogens with one attached hydrogen (secondary N) is 2. The second-order valence-electron chi connectivity index (χ2n) is 5.94. The molecule has 0 aliphatic heterocycles. The van der Waals surface area contributed by atoms with Gasteiger partial charge in [-0.3, -0.25) is 0 Å². The van der Waals surface area contributed by atoms with Gasteiger partial charge in [-0.2, -0.15) is 0 Å². The highest BCUT2D eigenvalue weighted by molar-refractivity contribution is 7.91. The predicted octanol–water partition coefficient (Wildman–Crippen LogP) is 2.72. The van der Waals surface area contributed by atoms with Gasteiger partial charge in [0.1, 0.15) is 4.21 Å². The zero-order valence-corrected chi connectivity index (χ0v) is 13.9. The van der Waals surface area contributed by atoms with E-state index in [9.17, 15) is 8.42 Å². The van der Waals surface area contributed by atoms with E-state index in [0.717, 1.165) is 37.9 Å². The maximum atomic E-state index is 12.2. The van der Waals surface area contributed by atoms with Crippen LogP contribution in [0, 0.1) is 5.41 Å². The van der Waals surface area contributed by atoms with Gasteiger partial charge in [0.05, 0.1) is 0 Å². The fourth-order valence-electron chi connectivity index (χ4n) is 2.29. The van der Waals surface area contributed by atoms with Crippen LogP contribution in [0.3, 0.4) is 0 Å². The van der Waals surface area contributed by atoms with Crippen molar-refractivity contribution in [1.29, 1.82) is 0 Å². The molecule has 0 atom stereocenters. The van der Waals surface area contributed by atoms with Crippen LogP contribution in [0.4, 0.5) is 0 Å². The lowest BCUT2D eigenvalue weighted by atomic mass is 9.71. The van der Waals surface area contributed by atoms with E-state index >= 15 is 0 Å². The van der Waals surface area contributed by atoms with E-state index in [1.165, 1.54) is 17.8 Å². The molecule has 4 nitrogen and oxygen atoms in total. The molecule has 0 saturated heterocycles. The molecule has 1 aromatic heterocycles. The van der Waals surface area contributed by atoms with E-state index in [2.05, 4.69) is 23.9 Å². The molecular formula is C14H24N2O2S2. The van der Waals surface area contributed by atoms with Gasteiger partial charge in [0.25, 0.3) is 0 Å². The topological polar surface area (TPSA) is 58.2 Å². The zero-order chi connectivity index (χ0) is 14.6. The minimum Gasteiger partial charge on any atom is -0.313 e. The van der Waals surface area contributed by atoms with Gasteiger partial charge in [0.2, 0.25) is 10.0 Å². The van der Waals surface area contributed by atoms with Gasteiger partial charge in [0, 0.05) is 13.1 Å². The van der Waals surface area contributed by atoms with Crippen molar-refractivity contribution < 1.29 is 8.42 Å². The second-order valence-corrected chi connectivity index (χ2v) is 8.84. The van der Waals surface area contributed by atoms with Gasteiger partial charge in [-0.1, -0.05) is 20.3 Å². The summed E-state index contributed by atoms with van der Waals surface area (Å²) < 4.78 is 27.7. The molecule has 2 rings (SSSR count). The molecule has 0 unspecified atom stereocenters. The van der Waals surface area contributed by atoms with E-state index in [0.29, 0.717) is 10.8 Å². The average molecular weight is 316 g/mol. The quantitative estimate of drug-likeness (QED) is 0.725. The lowest BCUT2D eigenvalue weighted by Crippen LogP contribution is -2.39. The third-order valence-electron chi connectivity index (χ3n) is 3.90. The summed E-state index contributed by atoms with van der Waals surface area (Å²) in [7, 11) is -3.34. The van der Waals surface area contributed by atoms with Crippen molar-refractivity contribution in [2.75, 3.05) is 13.1 Å². The Morgan fingerprint density at radius 2 is 2.15 bits per heavy atom. The maximum Gasteiger partial charge on any atom is 0.250 e. The fraction of sp³-hybridized carbons (Fsp3) is 0.714. The monoisotopic (exact) mass is 316 g/mol. The van der Waals surface area contributed by atoms with Crippen molar-refractivity contribution in [3.8, 4) is 0 Å². The molecule has 1 heterocycles. The van der Waals surface area contributed by atoms with Crippen molar-refractivity contribution in [2.24, 2.45) is 5.41 Å². The number of thiophene rings is 1. The fourth-order valence-corrected chi connectivity index (χ4v) is 4.75. The standard InChI is InChI=1S/C14H24N2O2S2/c1-3-7-15-9-12-8-13(19-10-12)20(17,18)16-11-14(2)5-4-6-14/h8,10,15-16H,3-7,9,11H2,1-2H3. The highest BCUT2D eigenvalue weighted by Crippen LogP contribution is 2.39. The molecule has 0 aromatic carbocycles. The summed E-state index contributed by atoms with van der Waals surface area (Å²) in [6.45, 7) is 6.50. The molecule has 0 bridgehead atoms. The minimum atomic E-state index is -3.34. The van der Waals surface area contributed by atoms with Crippen molar-refractivity contribution in [2.45, 2.75) is 50.3 Å². The predicted molar refractivity (Wildman–Crippen MR) is 83.5 cm³/mol. The van der Waals surface area contributed by atoms with E-state index in [1.807, 2.05) is 5.38 Å². The molecule has 0 amide bonds. The van der Waals surface area contributed by atoms with Crippen LogP contribution >= 0.6 is 11.3 Å². The molecule has 1 aliphatic rings. The Labute approximate surface area is 126 Å². The SMILES string of the molecule is CCCNCc1csc(S(=O)(=O)NCC2(C)CCC2)c1. The van der Waals surface area contributed by atoms with Crippen LogP contribution in [0.1, 0.15) is 45.1 Å². The lowest BCUT2D eigenvalue weighted by Gasteiger charge is -2.38. The zero-order valence-electron chi connectivity index (χ0n) is 12.2. The summed E-state index contributed by atoms with van der Waals surface area (Å²) in [5, 5.41) is 5.20. The Morgan fingerprint density at radius 3 is 2.75 bits per heavy atom. The Bertz CT molecular complexity index is 533. The van der Waals surface area contributed by atoms with Crippen LogP contribution in [-0.2, 0) is 16.6 Å². The van der Waals surface area contributed by atoms with Gasteiger partial charge in [-0.05, 0) is 48.2 Å². The first-order valence-corrected chi connectivity index (χ1v) is 9.59. The summed E-state index contributed by atoms with van der Waals surface area (Å²) in [6.07, 6.45) is 4.53. The molecule has 1 aliphatic carbocycles. The normalized spacial score (nSPS) is 17.9. The van der Waals surface area contributed by atoms with Crippen LogP contribution in [0.5, 0.6) is 0 Å². The van der Waals surface area contributed by atoms with Gasteiger partial charge in [-0.15, -0.1) is 11.3 Å². The van der Waals surface area contributed by atoms with Gasteiger partial charge < -0.3 is 5.32 Å². The van der Waals surface area contributed by atoms with Gasteiger partial charge in [-0.25, -0.2) is 13.1 Å².